The molecule has 0 radical (unpaired) electrons. The zero-order valence-electron chi connectivity index (χ0n) is 11.6. The Morgan fingerprint density at radius 3 is 2.55 bits per heavy atom. The van der Waals surface area contributed by atoms with Gasteiger partial charge in [-0.15, -0.1) is 0 Å². The summed E-state index contributed by atoms with van der Waals surface area (Å²) in [6, 6.07) is 5.08. The van der Waals surface area contributed by atoms with E-state index in [9.17, 15) is 8.42 Å². The third-order valence-electron chi connectivity index (χ3n) is 2.89. The van der Waals surface area contributed by atoms with Gasteiger partial charge < -0.3 is 5.32 Å². The molecule has 0 atom stereocenters. The van der Waals surface area contributed by atoms with Crippen LogP contribution in [-0.2, 0) is 23.6 Å². The van der Waals surface area contributed by atoms with E-state index in [0.29, 0.717) is 12.4 Å². The summed E-state index contributed by atoms with van der Waals surface area (Å²) < 4.78 is 26.7. The van der Waals surface area contributed by atoms with Crippen LogP contribution in [0.2, 0.25) is 0 Å². The topological polar surface area (TPSA) is 80.1 Å². The molecule has 0 fully saturated rings. The van der Waals surface area contributed by atoms with Gasteiger partial charge in [-0.05, 0) is 18.2 Å². The van der Waals surface area contributed by atoms with Gasteiger partial charge in [-0.25, -0.2) is 17.7 Å². The fourth-order valence-electron chi connectivity index (χ4n) is 1.60. The van der Waals surface area contributed by atoms with Crippen molar-refractivity contribution in [2.75, 3.05) is 19.4 Å². The monoisotopic (exact) mass is 295 g/mol. The highest BCUT2D eigenvalue weighted by Crippen LogP contribution is 2.14. The zero-order valence-corrected chi connectivity index (χ0v) is 12.4. The summed E-state index contributed by atoms with van der Waals surface area (Å²) in [7, 11) is 1.41. The molecule has 0 unspecified atom stereocenters. The van der Waals surface area contributed by atoms with Crippen molar-refractivity contribution in [3.63, 3.8) is 0 Å². The summed E-state index contributed by atoms with van der Waals surface area (Å²) in [6.45, 7) is 0.573. The number of hydrogen-bond donors (Lipinski definition) is 1. The highest BCUT2D eigenvalue weighted by atomic mass is 32.2. The lowest BCUT2D eigenvalue weighted by Gasteiger charge is -2.11. The zero-order chi connectivity index (χ0) is 14.8. The Hall–Kier alpha value is -1.93. The molecule has 0 aliphatic carbocycles. The van der Waals surface area contributed by atoms with Gasteiger partial charge >= 0.3 is 0 Å². The molecule has 8 heteroatoms. The number of aromatic nitrogens is 3. The van der Waals surface area contributed by atoms with Crippen LogP contribution in [0.4, 0.5) is 5.82 Å². The minimum atomic E-state index is -3.43. The Labute approximate surface area is 118 Å². The van der Waals surface area contributed by atoms with Crippen molar-refractivity contribution in [1.82, 2.24) is 19.1 Å². The van der Waals surface area contributed by atoms with E-state index < -0.39 is 10.0 Å². The summed E-state index contributed by atoms with van der Waals surface area (Å²) in [4.78, 5) is 4.28. The minimum absolute atomic E-state index is 0.175. The van der Waals surface area contributed by atoms with Gasteiger partial charge in [0.25, 0.3) is 0 Å². The van der Waals surface area contributed by atoms with Gasteiger partial charge in [0.1, 0.15) is 10.7 Å². The minimum Gasteiger partial charge on any atom is -0.364 e. The molecule has 20 heavy (non-hydrogen) atoms. The van der Waals surface area contributed by atoms with Crippen molar-refractivity contribution < 1.29 is 8.42 Å². The number of nitrogens with zero attached hydrogens (tertiary/aromatic N) is 4. The van der Waals surface area contributed by atoms with E-state index in [-0.39, 0.29) is 4.90 Å². The molecule has 1 N–H and O–H groups in total. The number of aryl methyl sites for hydroxylation is 1. The third kappa shape index (κ3) is 2.97. The molecule has 0 amide bonds. The summed E-state index contributed by atoms with van der Waals surface area (Å²) in [5, 5.41) is 7.18. The molecule has 0 aromatic carbocycles. The van der Waals surface area contributed by atoms with Gasteiger partial charge in [-0.3, -0.25) is 4.68 Å². The maximum Gasteiger partial charge on any atom is 0.244 e. The fourth-order valence-corrected chi connectivity index (χ4v) is 2.45. The summed E-state index contributed by atoms with van der Waals surface area (Å²) in [6.07, 6.45) is 3.07. The van der Waals surface area contributed by atoms with Crippen LogP contribution in [0.5, 0.6) is 0 Å². The Morgan fingerprint density at radius 2 is 2.05 bits per heavy atom. The largest absolute Gasteiger partial charge is 0.364 e. The second kappa shape index (κ2) is 5.59. The van der Waals surface area contributed by atoms with Crippen molar-refractivity contribution in [2.24, 2.45) is 7.05 Å². The van der Waals surface area contributed by atoms with Crippen LogP contribution >= 0.6 is 0 Å². The third-order valence-corrected chi connectivity index (χ3v) is 4.69. The summed E-state index contributed by atoms with van der Waals surface area (Å²) in [5.41, 5.74) is 1.01. The normalized spacial score (nSPS) is 11.8. The van der Waals surface area contributed by atoms with Crippen molar-refractivity contribution in [3.8, 4) is 0 Å². The molecule has 0 saturated heterocycles. The number of hydrogen-bond acceptors (Lipinski definition) is 5. The molecular formula is C12H17N5O2S. The first-order valence-electron chi connectivity index (χ1n) is 6.00. The first kappa shape index (κ1) is 14.5. The first-order valence-corrected chi connectivity index (χ1v) is 7.44. The van der Waals surface area contributed by atoms with Gasteiger partial charge in [0.15, 0.2) is 0 Å². The predicted molar refractivity (Wildman–Crippen MR) is 75.6 cm³/mol. The van der Waals surface area contributed by atoms with Gasteiger partial charge in [-0.1, -0.05) is 0 Å². The molecular weight excluding hydrogens is 278 g/mol. The molecule has 2 aromatic heterocycles. The van der Waals surface area contributed by atoms with Crippen molar-refractivity contribution >= 4 is 15.8 Å². The van der Waals surface area contributed by atoms with E-state index in [2.05, 4.69) is 15.4 Å². The molecule has 0 spiro atoms. The maximum atomic E-state index is 11.9. The van der Waals surface area contributed by atoms with Crippen LogP contribution in [0.3, 0.4) is 0 Å². The average molecular weight is 295 g/mol. The van der Waals surface area contributed by atoms with Gasteiger partial charge in [0.05, 0.1) is 12.2 Å². The SMILES string of the molecule is CN(C)S(=O)(=O)c1ccc(NCc2ccnn2C)nc1. The van der Waals surface area contributed by atoms with Crippen LogP contribution < -0.4 is 5.32 Å². The van der Waals surface area contributed by atoms with Crippen molar-refractivity contribution in [3.05, 3.63) is 36.3 Å². The standard InChI is InChI=1S/C12H17N5O2S/c1-16(2)20(18,19)11-4-5-12(14-9-11)13-8-10-6-7-15-17(10)3/h4-7,9H,8H2,1-3H3,(H,13,14). The van der Waals surface area contributed by atoms with E-state index in [1.807, 2.05) is 13.1 Å². The molecule has 2 rings (SSSR count). The number of rotatable bonds is 5. The smallest absolute Gasteiger partial charge is 0.244 e. The fraction of sp³-hybridized carbons (Fsp3) is 0.333. The number of nitrogens with one attached hydrogen (secondary N) is 1. The second-order valence-corrected chi connectivity index (χ2v) is 6.62. The van der Waals surface area contributed by atoms with E-state index in [4.69, 9.17) is 0 Å². The number of pyridine rings is 1. The molecule has 0 aliphatic rings. The summed E-state index contributed by atoms with van der Waals surface area (Å²) in [5.74, 6) is 0.615. The van der Waals surface area contributed by atoms with Gasteiger partial charge in [0.2, 0.25) is 10.0 Å². The average Bonchev–Trinajstić information content (AvgIpc) is 2.82. The van der Waals surface area contributed by atoms with Crippen LogP contribution in [-0.4, -0.2) is 41.6 Å². The number of anilines is 1. The van der Waals surface area contributed by atoms with Crippen LogP contribution in [0, 0.1) is 0 Å². The highest BCUT2D eigenvalue weighted by Gasteiger charge is 2.17. The van der Waals surface area contributed by atoms with Crippen LogP contribution in [0.1, 0.15) is 5.69 Å². The Kier molecular flexibility index (Phi) is 4.05. The van der Waals surface area contributed by atoms with Gasteiger partial charge in [0, 0.05) is 33.5 Å². The quantitative estimate of drug-likeness (QED) is 0.877. The van der Waals surface area contributed by atoms with Crippen molar-refractivity contribution in [2.45, 2.75) is 11.4 Å². The van der Waals surface area contributed by atoms with Crippen molar-refractivity contribution in [1.29, 1.82) is 0 Å². The Bertz CT molecular complexity index is 676. The molecule has 0 saturated carbocycles. The summed E-state index contributed by atoms with van der Waals surface area (Å²) >= 11 is 0. The second-order valence-electron chi connectivity index (χ2n) is 4.47. The number of sulfonamides is 1. The lowest BCUT2D eigenvalue weighted by atomic mass is 10.4. The molecule has 108 valence electrons. The molecule has 0 bridgehead atoms. The molecule has 2 aromatic rings. The lowest BCUT2D eigenvalue weighted by Crippen LogP contribution is -2.22. The van der Waals surface area contributed by atoms with Crippen LogP contribution in [0.15, 0.2) is 35.5 Å². The highest BCUT2D eigenvalue weighted by molar-refractivity contribution is 7.89. The first-order chi connectivity index (χ1) is 9.41. The van der Waals surface area contributed by atoms with Crippen LogP contribution in [0.25, 0.3) is 0 Å². The van der Waals surface area contributed by atoms with E-state index in [0.717, 1.165) is 10.00 Å². The van der Waals surface area contributed by atoms with E-state index >= 15 is 0 Å². The van der Waals surface area contributed by atoms with E-state index in [1.54, 1.807) is 16.9 Å². The predicted octanol–water partition coefficient (Wildman–Crippen LogP) is 0.677. The Balaban J connectivity index is 2.08. The lowest BCUT2D eigenvalue weighted by molar-refractivity contribution is 0.520. The van der Waals surface area contributed by atoms with E-state index in [1.165, 1.54) is 26.4 Å². The Morgan fingerprint density at radius 1 is 1.30 bits per heavy atom. The van der Waals surface area contributed by atoms with Gasteiger partial charge in [-0.2, -0.15) is 5.10 Å². The maximum absolute atomic E-state index is 11.9. The molecule has 2 heterocycles. The molecule has 0 aliphatic heterocycles. The molecule has 7 nitrogen and oxygen atoms in total.